The molecule has 3 heterocycles. The summed E-state index contributed by atoms with van der Waals surface area (Å²) in [5, 5.41) is 7.05. The van der Waals surface area contributed by atoms with E-state index in [1.165, 1.54) is 0 Å². The highest BCUT2D eigenvalue weighted by atomic mass is 32.2. The largest absolute Gasteiger partial charge is 0.372 e. The average molecular weight is 454 g/mol. The Balaban J connectivity index is 1.72. The maximum absolute atomic E-state index is 12.5. The van der Waals surface area contributed by atoms with Crippen molar-refractivity contribution in [2.45, 2.75) is 37.1 Å². The number of aryl methyl sites for hydroxylation is 1. The Bertz CT molecular complexity index is 1170. The molecule has 2 aromatic rings. The lowest BCUT2D eigenvalue weighted by Crippen LogP contribution is -2.43. The quantitative estimate of drug-likeness (QED) is 0.627. The van der Waals surface area contributed by atoms with Crippen molar-refractivity contribution in [3.63, 3.8) is 0 Å². The van der Waals surface area contributed by atoms with E-state index in [-0.39, 0.29) is 17.7 Å². The Hall–Kier alpha value is -2.71. The standard InChI is InChI=1S/C24H31N5O2S/c1-5-32(30,31)18-9-6-8-17(13-18)20-15-27-24(25-10-7-11-29(3)4)22-21(20)19-12-16(2)14-26-23(19)28-22/h6,8-9,12-15,21-22H,5,7,10-11H2,1-4H3,(H,25,27)(H,26,28). The lowest BCUT2D eigenvalue weighted by Gasteiger charge is -2.28. The van der Waals surface area contributed by atoms with E-state index in [4.69, 9.17) is 4.99 Å². The molecule has 170 valence electrons. The molecule has 0 aliphatic carbocycles. The van der Waals surface area contributed by atoms with Gasteiger partial charge < -0.3 is 15.5 Å². The fourth-order valence-corrected chi connectivity index (χ4v) is 5.22. The molecule has 32 heavy (non-hydrogen) atoms. The second-order valence-corrected chi connectivity index (χ2v) is 10.9. The maximum atomic E-state index is 12.5. The SMILES string of the molecule is CCS(=O)(=O)c1cccc(C2=CN=C(NCCCN(C)C)C3Nc4ncc(C)cc4C23)c1. The number of anilines is 1. The predicted octanol–water partition coefficient (Wildman–Crippen LogP) is 3.06. The number of sulfone groups is 1. The number of fused-ring (bicyclic) bond motifs is 3. The molecule has 0 fully saturated rings. The fraction of sp³-hybridized carbons (Fsp3) is 0.417. The molecule has 2 atom stereocenters. The van der Waals surface area contributed by atoms with Crippen LogP contribution in [0.15, 0.2) is 52.6 Å². The summed E-state index contributed by atoms with van der Waals surface area (Å²) in [5.74, 6) is 1.84. The van der Waals surface area contributed by atoms with Crippen molar-refractivity contribution in [1.29, 1.82) is 0 Å². The maximum Gasteiger partial charge on any atom is 0.178 e. The smallest absolute Gasteiger partial charge is 0.178 e. The lowest BCUT2D eigenvalue weighted by atomic mass is 9.82. The fourth-order valence-electron chi connectivity index (χ4n) is 4.29. The number of amidine groups is 1. The van der Waals surface area contributed by atoms with E-state index >= 15 is 0 Å². The number of pyridine rings is 1. The van der Waals surface area contributed by atoms with Crippen LogP contribution in [0.2, 0.25) is 0 Å². The van der Waals surface area contributed by atoms with Gasteiger partial charge in [-0.2, -0.15) is 0 Å². The summed E-state index contributed by atoms with van der Waals surface area (Å²) in [6.45, 7) is 5.54. The number of hydrogen-bond acceptors (Lipinski definition) is 7. The summed E-state index contributed by atoms with van der Waals surface area (Å²) in [6.07, 6.45) is 4.76. The van der Waals surface area contributed by atoms with Crippen LogP contribution >= 0.6 is 0 Å². The first kappa shape index (κ1) is 22.5. The molecule has 4 rings (SSSR count). The third-order valence-corrected chi connectivity index (χ3v) is 7.71. The number of nitrogens with zero attached hydrogens (tertiary/aromatic N) is 3. The molecule has 2 aliphatic heterocycles. The number of benzene rings is 1. The van der Waals surface area contributed by atoms with Crippen LogP contribution in [0.4, 0.5) is 5.82 Å². The van der Waals surface area contributed by atoms with Crippen LogP contribution in [0.3, 0.4) is 0 Å². The van der Waals surface area contributed by atoms with Crippen LogP contribution in [-0.4, -0.2) is 63.1 Å². The Labute approximate surface area is 190 Å². The third kappa shape index (κ3) is 4.42. The number of hydrogen-bond donors (Lipinski definition) is 2. The topological polar surface area (TPSA) is 86.7 Å². The molecule has 8 heteroatoms. The summed E-state index contributed by atoms with van der Waals surface area (Å²) < 4.78 is 24.9. The first-order chi connectivity index (χ1) is 15.3. The molecule has 1 aromatic carbocycles. The van der Waals surface area contributed by atoms with E-state index in [9.17, 15) is 8.42 Å². The number of aliphatic imine (C=N–C) groups is 1. The van der Waals surface area contributed by atoms with Crippen LogP contribution in [-0.2, 0) is 9.84 Å². The van der Waals surface area contributed by atoms with Crippen molar-refractivity contribution in [2.24, 2.45) is 4.99 Å². The molecule has 2 unspecified atom stereocenters. The molecule has 0 bridgehead atoms. The van der Waals surface area contributed by atoms with Gasteiger partial charge in [-0.1, -0.05) is 25.1 Å². The zero-order valence-corrected chi connectivity index (χ0v) is 19.9. The van der Waals surface area contributed by atoms with Crippen LogP contribution in [0.5, 0.6) is 0 Å². The Morgan fingerprint density at radius 2 is 2.03 bits per heavy atom. The molecule has 7 nitrogen and oxygen atoms in total. The van der Waals surface area contributed by atoms with Gasteiger partial charge in [0, 0.05) is 30.4 Å². The summed E-state index contributed by atoms with van der Waals surface area (Å²) in [5.41, 5.74) is 4.09. The predicted molar refractivity (Wildman–Crippen MR) is 130 cm³/mol. The molecular formula is C24H31N5O2S. The minimum absolute atomic E-state index is 0.00540. The van der Waals surface area contributed by atoms with E-state index in [0.717, 1.165) is 53.4 Å². The Morgan fingerprint density at radius 1 is 1.22 bits per heavy atom. The molecular weight excluding hydrogens is 422 g/mol. The zero-order chi connectivity index (χ0) is 22.9. The second kappa shape index (κ2) is 9.03. The summed E-state index contributed by atoms with van der Waals surface area (Å²) in [4.78, 5) is 11.9. The first-order valence-electron chi connectivity index (χ1n) is 11.0. The van der Waals surface area contributed by atoms with Gasteiger partial charge in [0.2, 0.25) is 0 Å². The second-order valence-electron chi connectivity index (χ2n) is 8.66. The van der Waals surface area contributed by atoms with E-state index in [2.05, 4.69) is 40.7 Å². The monoisotopic (exact) mass is 453 g/mol. The normalized spacial score (nSPS) is 19.7. The molecule has 2 aliphatic rings. The van der Waals surface area contributed by atoms with Gasteiger partial charge in [-0.15, -0.1) is 0 Å². The number of nitrogens with one attached hydrogen (secondary N) is 2. The van der Waals surface area contributed by atoms with E-state index in [0.29, 0.717) is 4.90 Å². The van der Waals surface area contributed by atoms with Gasteiger partial charge in [-0.3, -0.25) is 0 Å². The highest BCUT2D eigenvalue weighted by molar-refractivity contribution is 7.91. The lowest BCUT2D eigenvalue weighted by molar-refractivity contribution is 0.399. The van der Waals surface area contributed by atoms with Crippen molar-refractivity contribution in [3.8, 4) is 0 Å². The molecule has 0 saturated heterocycles. The van der Waals surface area contributed by atoms with Crippen LogP contribution in [0, 0.1) is 6.92 Å². The van der Waals surface area contributed by atoms with Crippen molar-refractivity contribution in [2.75, 3.05) is 38.3 Å². The number of aromatic nitrogens is 1. The van der Waals surface area contributed by atoms with Gasteiger partial charge >= 0.3 is 0 Å². The highest BCUT2D eigenvalue weighted by Crippen LogP contribution is 2.45. The van der Waals surface area contributed by atoms with E-state index in [1.807, 2.05) is 31.5 Å². The minimum atomic E-state index is -3.29. The summed E-state index contributed by atoms with van der Waals surface area (Å²) in [7, 11) is 0.848. The Morgan fingerprint density at radius 3 is 2.78 bits per heavy atom. The van der Waals surface area contributed by atoms with Gasteiger partial charge in [0.15, 0.2) is 9.84 Å². The molecule has 0 radical (unpaired) electrons. The zero-order valence-electron chi connectivity index (χ0n) is 19.1. The van der Waals surface area contributed by atoms with Crippen molar-refractivity contribution in [3.05, 3.63) is 59.4 Å². The number of rotatable bonds is 7. The third-order valence-electron chi connectivity index (χ3n) is 5.98. The molecule has 0 amide bonds. The van der Waals surface area contributed by atoms with Crippen LogP contribution < -0.4 is 10.6 Å². The van der Waals surface area contributed by atoms with Crippen molar-refractivity contribution < 1.29 is 8.42 Å². The highest BCUT2D eigenvalue weighted by Gasteiger charge is 2.41. The van der Waals surface area contributed by atoms with Gasteiger partial charge in [0.05, 0.1) is 16.7 Å². The molecule has 2 N–H and O–H groups in total. The van der Waals surface area contributed by atoms with E-state index < -0.39 is 9.84 Å². The van der Waals surface area contributed by atoms with Gasteiger partial charge in [0.1, 0.15) is 11.7 Å². The van der Waals surface area contributed by atoms with Crippen molar-refractivity contribution in [1.82, 2.24) is 15.2 Å². The van der Waals surface area contributed by atoms with Crippen molar-refractivity contribution >= 4 is 27.1 Å². The van der Waals surface area contributed by atoms with E-state index in [1.54, 1.807) is 19.1 Å². The van der Waals surface area contributed by atoms with Gasteiger partial charge in [-0.25, -0.2) is 18.4 Å². The first-order valence-corrected chi connectivity index (χ1v) is 12.7. The average Bonchev–Trinajstić information content (AvgIpc) is 3.15. The molecule has 0 saturated carbocycles. The minimum Gasteiger partial charge on any atom is -0.372 e. The van der Waals surface area contributed by atoms with Crippen LogP contribution in [0.1, 0.15) is 36.0 Å². The molecule has 0 spiro atoms. The summed E-state index contributed by atoms with van der Waals surface area (Å²) in [6, 6.07) is 9.30. The van der Waals surface area contributed by atoms with Crippen LogP contribution in [0.25, 0.3) is 5.57 Å². The van der Waals surface area contributed by atoms with Gasteiger partial charge in [-0.05, 0) is 62.8 Å². The summed E-state index contributed by atoms with van der Waals surface area (Å²) >= 11 is 0. The van der Waals surface area contributed by atoms with Gasteiger partial charge in [0.25, 0.3) is 0 Å². The molecule has 1 aromatic heterocycles. The Kier molecular flexibility index (Phi) is 6.35.